The predicted molar refractivity (Wildman–Crippen MR) is 238 cm³/mol. The molecule has 1 aliphatic heterocycles. The molecule has 1 saturated heterocycles. The van der Waals surface area contributed by atoms with Crippen LogP contribution in [0.15, 0.2) is 164 Å². The van der Waals surface area contributed by atoms with Crippen LogP contribution in [0, 0.1) is 0 Å². The highest BCUT2D eigenvalue weighted by Gasteiger charge is 2.60. The Morgan fingerprint density at radius 3 is 1.51 bits per heavy atom. The van der Waals surface area contributed by atoms with E-state index in [9.17, 15) is 24.0 Å². The third kappa shape index (κ3) is 11.7. The van der Waals surface area contributed by atoms with E-state index < -0.39 is 66.7 Å². The molecular weight excluding hydrogens is 829 g/mol. The summed E-state index contributed by atoms with van der Waals surface area (Å²) in [5.74, 6) is -3.47. The summed E-state index contributed by atoms with van der Waals surface area (Å²) in [6, 6.07) is 46.1. The molecule has 0 spiro atoms. The van der Waals surface area contributed by atoms with Crippen molar-refractivity contribution in [2.45, 2.75) is 70.4 Å². The zero-order valence-corrected chi connectivity index (χ0v) is 36.1. The topological polar surface area (TPSA) is 150 Å². The zero-order valence-electron chi connectivity index (χ0n) is 36.1. The summed E-state index contributed by atoms with van der Waals surface area (Å²) in [7, 11) is 0. The van der Waals surface area contributed by atoms with Crippen LogP contribution >= 0.6 is 0 Å². The molecule has 0 N–H and O–H groups in total. The maximum atomic E-state index is 14.2. The molecule has 6 aromatic carbocycles. The number of rotatable bonds is 16. The fourth-order valence-electron chi connectivity index (χ4n) is 7.25. The van der Waals surface area contributed by atoms with Crippen LogP contribution in [0.5, 0.6) is 5.75 Å². The number of aryl methyl sites for hydroxylation is 1. The summed E-state index contributed by atoms with van der Waals surface area (Å²) < 4.78 is 43.8. The first-order chi connectivity index (χ1) is 31.5. The van der Waals surface area contributed by atoms with Crippen LogP contribution in [-0.2, 0) is 52.7 Å². The van der Waals surface area contributed by atoms with Gasteiger partial charge in [0.15, 0.2) is 12.2 Å². The first-order valence-corrected chi connectivity index (χ1v) is 21.2. The van der Waals surface area contributed by atoms with Crippen molar-refractivity contribution in [3.63, 3.8) is 0 Å². The molecule has 0 saturated carbocycles. The fourth-order valence-corrected chi connectivity index (χ4v) is 7.25. The molecule has 0 bridgehead atoms. The number of hydrogen-bond acceptors (Lipinski definition) is 12. The smallest absolute Gasteiger partial charge is 0.338 e. The van der Waals surface area contributed by atoms with Crippen molar-refractivity contribution in [3.05, 3.63) is 208 Å². The van der Waals surface area contributed by atoms with Gasteiger partial charge in [0.1, 0.15) is 24.6 Å². The highest BCUT2D eigenvalue weighted by atomic mass is 16.7. The van der Waals surface area contributed by atoms with Crippen LogP contribution in [0.3, 0.4) is 0 Å². The van der Waals surface area contributed by atoms with Gasteiger partial charge in [-0.25, -0.2) is 19.2 Å². The Hall–Kier alpha value is -7.57. The largest absolute Gasteiger partial charge is 0.461 e. The molecule has 1 aliphatic rings. The standard InChI is InChI=1S/C53H48O12/c1-4-36-25-27-37(28-26-36)31-43-30-29-38(33-59-35(2)54)32-44(43)61-52-46(63-50(57)41-21-13-7-14-22-41)45(62-49(56)40-19-11-6-12-20-40)47(64-51(58)42-23-15-8-16-24-42)53(3,65-52)34-60-48(55)39-17-9-5-10-18-39/h5-30,32,45-47,52H,4,31,33-34H2,1-3H3/t45-,46-,47+,52-,53-/m1/s1. The first-order valence-electron chi connectivity index (χ1n) is 21.2. The van der Waals surface area contributed by atoms with Gasteiger partial charge < -0.3 is 33.2 Å². The maximum Gasteiger partial charge on any atom is 0.338 e. The Bertz CT molecular complexity index is 2570. The minimum absolute atomic E-state index is 0.0862. The first kappa shape index (κ1) is 45.5. The Kier molecular flexibility index (Phi) is 14.8. The van der Waals surface area contributed by atoms with Gasteiger partial charge in [-0.3, -0.25) is 4.79 Å². The van der Waals surface area contributed by atoms with Crippen LogP contribution in [0.2, 0.25) is 0 Å². The lowest BCUT2D eigenvalue weighted by molar-refractivity contribution is -0.310. The van der Waals surface area contributed by atoms with E-state index in [-0.39, 0.29) is 34.6 Å². The second-order valence-corrected chi connectivity index (χ2v) is 15.6. The summed E-state index contributed by atoms with van der Waals surface area (Å²) >= 11 is 0. The van der Waals surface area contributed by atoms with Crippen molar-refractivity contribution < 1.29 is 57.1 Å². The van der Waals surface area contributed by atoms with E-state index in [1.807, 2.05) is 30.3 Å². The Labute approximate surface area is 377 Å². The molecule has 0 radical (unpaired) electrons. The molecular formula is C53H48O12. The van der Waals surface area contributed by atoms with Gasteiger partial charge in [0.2, 0.25) is 12.4 Å². The molecule has 0 amide bonds. The normalized spacial score (nSPS) is 18.9. The van der Waals surface area contributed by atoms with Crippen LogP contribution in [0.4, 0.5) is 0 Å². The number of hydrogen-bond donors (Lipinski definition) is 0. The van der Waals surface area contributed by atoms with Crippen LogP contribution < -0.4 is 4.74 Å². The number of ether oxygens (including phenoxy) is 7. The average Bonchev–Trinajstić information content (AvgIpc) is 3.34. The van der Waals surface area contributed by atoms with Crippen LogP contribution in [-0.4, -0.2) is 66.7 Å². The summed E-state index contributed by atoms with van der Waals surface area (Å²) in [6.07, 6.45) is -5.30. The second kappa shape index (κ2) is 21.2. The number of benzene rings is 6. The summed E-state index contributed by atoms with van der Waals surface area (Å²) in [5, 5.41) is 0. The van der Waals surface area contributed by atoms with E-state index in [1.165, 1.54) is 13.8 Å². The average molecular weight is 877 g/mol. The Balaban J connectivity index is 1.37. The van der Waals surface area contributed by atoms with Crippen LogP contribution in [0.1, 0.15) is 84.5 Å². The van der Waals surface area contributed by atoms with Crippen molar-refractivity contribution in [2.24, 2.45) is 0 Å². The lowest BCUT2D eigenvalue weighted by Gasteiger charge is -2.49. The molecule has 0 aromatic heterocycles. The molecule has 7 rings (SSSR count). The van der Waals surface area contributed by atoms with E-state index in [4.69, 9.17) is 33.2 Å². The number of esters is 5. The summed E-state index contributed by atoms with van der Waals surface area (Å²) in [5.41, 5.74) is 2.18. The van der Waals surface area contributed by atoms with E-state index >= 15 is 0 Å². The Morgan fingerprint density at radius 1 is 0.538 bits per heavy atom. The second-order valence-electron chi connectivity index (χ2n) is 15.6. The van der Waals surface area contributed by atoms with Gasteiger partial charge in [-0.15, -0.1) is 0 Å². The highest BCUT2D eigenvalue weighted by molar-refractivity contribution is 5.91. The van der Waals surface area contributed by atoms with Crippen molar-refractivity contribution in [1.29, 1.82) is 0 Å². The lowest BCUT2D eigenvalue weighted by atomic mass is 9.87. The summed E-state index contributed by atoms with van der Waals surface area (Å²) in [6.45, 7) is 4.25. The molecule has 1 fully saturated rings. The SMILES string of the molecule is CCc1ccc(Cc2ccc(COC(C)=O)cc2O[C@@H]2O[C@](C)(COC(=O)c3ccccc3)[C@@H](OC(=O)c3ccccc3)[C@H](OC(=O)c3ccccc3)[C@H]2OC(=O)c2ccccc2)cc1. The maximum absolute atomic E-state index is 14.2. The Morgan fingerprint density at radius 2 is 1.00 bits per heavy atom. The molecule has 332 valence electrons. The third-order valence-electron chi connectivity index (χ3n) is 10.8. The van der Waals surface area contributed by atoms with Gasteiger partial charge in [-0.2, -0.15) is 0 Å². The molecule has 1 heterocycles. The van der Waals surface area contributed by atoms with Crippen molar-refractivity contribution in [3.8, 4) is 5.75 Å². The van der Waals surface area contributed by atoms with Gasteiger partial charge in [-0.1, -0.05) is 116 Å². The highest BCUT2D eigenvalue weighted by Crippen LogP contribution is 2.39. The minimum atomic E-state index is -1.86. The number of carbonyl (C=O) groups excluding carboxylic acids is 5. The van der Waals surface area contributed by atoms with E-state index in [1.54, 1.807) is 133 Å². The van der Waals surface area contributed by atoms with Gasteiger partial charge in [0, 0.05) is 13.3 Å². The quantitative estimate of drug-likeness (QED) is 0.0675. The number of carbonyl (C=O) groups is 5. The van der Waals surface area contributed by atoms with Gasteiger partial charge >= 0.3 is 29.8 Å². The third-order valence-corrected chi connectivity index (χ3v) is 10.8. The molecule has 0 unspecified atom stereocenters. The van der Waals surface area contributed by atoms with Gasteiger partial charge in [0.05, 0.1) is 22.3 Å². The van der Waals surface area contributed by atoms with Crippen molar-refractivity contribution >= 4 is 29.8 Å². The van der Waals surface area contributed by atoms with Gasteiger partial charge in [0.25, 0.3) is 0 Å². The monoisotopic (exact) mass is 876 g/mol. The lowest BCUT2D eigenvalue weighted by Crippen LogP contribution is -2.69. The van der Waals surface area contributed by atoms with Crippen LogP contribution in [0.25, 0.3) is 0 Å². The van der Waals surface area contributed by atoms with Crippen molar-refractivity contribution in [2.75, 3.05) is 6.61 Å². The summed E-state index contributed by atoms with van der Waals surface area (Å²) in [4.78, 5) is 67.9. The van der Waals surface area contributed by atoms with Crippen molar-refractivity contribution in [1.82, 2.24) is 0 Å². The molecule has 12 nitrogen and oxygen atoms in total. The fraction of sp³-hybridized carbons (Fsp3) is 0.226. The molecule has 0 aliphatic carbocycles. The minimum Gasteiger partial charge on any atom is -0.461 e. The van der Waals surface area contributed by atoms with E-state index in [2.05, 4.69) is 6.92 Å². The zero-order chi connectivity index (χ0) is 45.8. The predicted octanol–water partition coefficient (Wildman–Crippen LogP) is 8.93. The van der Waals surface area contributed by atoms with E-state index in [0.717, 1.165) is 17.5 Å². The molecule has 12 heteroatoms. The van der Waals surface area contributed by atoms with E-state index in [0.29, 0.717) is 17.5 Å². The van der Waals surface area contributed by atoms with Gasteiger partial charge in [-0.05, 0) is 90.2 Å². The molecule has 6 aromatic rings. The molecule has 65 heavy (non-hydrogen) atoms. The molecule has 5 atom stereocenters.